The number of halogens is 2. The molecule has 50 heavy (non-hydrogen) atoms. The second-order valence-corrected chi connectivity index (χ2v) is 12.6. The third-order valence-corrected chi connectivity index (χ3v) is 9.45. The fourth-order valence-electron chi connectivity index (χ4n) is 6.84. The summed E-state index contributed by atoms with van der Waals surface area (Å²) in [6.07, 6.45) is 1.82. The van der Waals surface area contributed by atoms with Crippen molar-refractivity contribution in [2.24, 2.45) is 0 Å². The molecule has 2 aliphatic rings. The zero-order valence-corrected chi connectivity index (χ0v) is 27.2. The molecule has 6 rings (SSSR count). The lowest BCUT2D eigenvalue weighted by Crippen LogP contribution is -2.30. The summed E-state index contributed by atoms with van der Waals surface area (Å²) in [6, 6.07) is 13.6. The molecule has 0 bridgehead atoms. The first-order chi connectivity index (χ1) is 23.8. The Labute approximate surface area is 285 Å². The van der Waals surface area contributed by atoms with E-state index in [9.17, 15) is 48.4 Å². The number of aryl methyl sites for hydroxylation is 2. The highest BCUT2D eigenvalue weighted by molar-refractivity contribution is 6.37. The number of benzene rings is 4. The monoisotopic (exact) mass is 678 g/mol. The minimum atomic E-state index is -0.811. The topological polar surface area (TPSA) is 149 Å². The number of Topliss-reactive ketones (excluding diaryl/α,β-unsaturated/α-hetero) is 4. The Morgan fingerprint density at radius 1 is 0.500 bits per heavy atom. The van der Waals surface area contributed by atoms with Gasteiger partial charge in [0.25, 0.3) is 0 Å². The third kappa shape index (κ3) is 5.87. The maximum absolute atomic E-state index is 14.2. The summed E-state index contributed by atoms with van der Waals surface area (Å²) in [4.78, 5) is 56.2. The minimum absolute atomic E-state index is 0.0478. The van der Waals surface area contributed by atoms with Crippen molar-refractivity contribution in [3.63, 3.8) is 0 Å². The van der Waals surface area contributed by atoms with Gasteiger partial charge >= 0.3 is 0 Å². The van der Waals surface area contributed by atoms with E-state index in [1.54, 1.807) is 24.3 Å². The molecule has 0 amide bonds. The number of phenols is 4. The molecule has 0 saturated carbocycles. The zero-order valence-electron chi connectivity index (χ0n) is 27.2. The normalized spacial score (nSPS) is 14.4. The van der Waals surface area contributed by atoms with E-state index in [4.69, 9.17) is 0 Å². The molecule has 4 aromatic carbocycles. The Balaban J connectivity index is 1.35. The molecule has 0 saturated heterocycles. The summed E-state index contributed by atoms with van der Waals surface area (Å²) in [6.45, 7) is 2.68. The SMILES string of the molecule is CC1=C(C2=C(C)C(=O)c3c(cc(O)c(O)c3CCCc3ccc(F)cc3)C2=O)C(=O)c2cc(O)c(O)c(CCCc3ccc(F)cc3)c2C1=O. The van der Waals surface area contributed by atoms with Crippen LogP contribution in [0, 0.1) is 11.6 Å². The van der Waals surface area contributed by atoms with Gasteiger partial charge in [0.05, 0.1) is 0 Å². The van der Waals surface area contributed by atoms with E-state index in [2.05, 4.69) is 0 Å². The van der Waals surface area contributed by atoms with E-state index in [-0.39, 0.29) is 68.5 Å². The van der Waals surface area contributed by atoms with Crippen molar-refractivity contribution in [1.82, 2.24) is 0 Å². The van der Waals surface area contributed by atoms with Crippen LogP contribution < -0.4 is 0 Å². The largest absolute Gasteiger partial charge is 0.504 e. The molecule has 0 heterocycles. The number of hydrogen-bond acceptors (Lipinski definition) is 8. The zero-order chi connectivity index (χ0) is 36.0. The van der Waals surface area contributed by atoms with Crippen molar-refractivity contribution in [3.8, 4) is 23.0 Å². The summed E-state index contributed by atoms with van der Waals surface area (Å²) < 4.78 is 26.7. The van der Waals surface area contributed by atoms with Crippen LogP contribution in [0.4, 0.5) is 8.78 Å². The number of carbonyl (C=O) groups excluding carboxylic acids is 4. The lowest BCUT2D eigenvalue weighted by molar-refractivity contribution is 0.0951. The van der Waals surface area contributed by atoms with Gasteiger partial charge in [-0.1, -0.05) is 24.3 Å². The number of carbonyl (C=O) groups is 4. The molecule has 10 heteroatoms. The van der Waals surface area contributed by atoms with Gasteiger partial charge in [0.15, 0.2) is 46.1 Å². The molecule has 0 spiro atoms. The standard InChI is InChI=1S/C40H32F2O8/c1-19-31(39(49)27-17-29(43)37(47)25(33(27)35(19)45)7-3-5-21-9-13-23(41)14-10-21)32-20(2)36(46)34-26(38(48)30(44)18-28(34)40(32)50)8-4-6-22-11-15-24(42)16-12-22/h9-18,43-44,47-48H,3-8H2,1-2H3. The van der Waals surface area contributed by atoms with Gasteiger partial charge in [-0.3, -0.25) is 19.2 Å². The van der Waals surface area contributed by atoms with Gasteiger partial charge in [-0.15, -0.1) is 0 Å². The van der Waals surface area contributed by atoms with Gasteiger partial charge < -0.3 is 20.4 Å². The lowest BCUT2D eigenvalue weighted by Gasteiger charge is -2.27. The number of phenolic OH excluding ortho intramolecular Hbond substituents is 4. The van der Waals surface area contributed by atoms with Crippen LogP contribution in [-0.2, 0) is 25.7 Å². The molecule has 0 unspecified atom stereocenters. The molecule has 4 N–H and O–H groups in total. The summed E-state index contributed by atoms with van der Waals surface area (Å²) in [5.74, 6) is -6.17. The Morgan fingerprint density at radius 2 is 0.840 bits per heavy atom. The van der Waals surface area contributed by atoms with E-state index in [1.165, 1.54) is 38.1 Å². The van der Waals surface area contributed by atoms with Crippen molar-refractivity contribution in [1.29, 1.82) is 0 Å². The number of hydrogen-bond donors (Lipinski definition) is 4. The quantitative estimate of drug-likeness (QED) is 0.136. The molecule has 2 aliphatic carbocycles. The van der Waals surface area contributed by atoms with Gasteiger partial charge in [0, 0.05) is 55.7 Å². The number of ketones is 4. The predicted octanol–water partition coefficient (Wildman–Crippen LogP) is 7.23. The molecular formula is C40H32F2O8. The molecule has 0 aromatic heterocycles. The van der Waals surface area contributed by atoms with Crippen molar-refractivity contribution in [2.75, 3.05) is 0 Å². The molecule has 4 aromatic rings. The minimum Gasteiger partial charge on any atom is -0.504 e. The number of aromatic hydroxyl groups is 4. The predicted molar refractivity (Wildman–Crippen MR) is 179 cm³/mol. The highest BCUT2D eigenvalue weighted by atomic mass is 19.1. The molecule has 8 nitrogen and oxygen atoms in total. The van der Waals surface area contributed by atoms with Crippen molar-refractivity contribution >= 4 is 23.1 Å². The van der Waals surface area contributed by atoms with Gasteiger partial charge in [0.1, 0.15) is 11.6 Å². The van der Waals surface area contributed by atoms with E-state index in [1.807, 2.05) is 0 Å². The Morgan fingerprint density at radius 3 is 1.18 bits per heavy atom. The summed E-state index contributed by atoms with van der Waals surface area (Å²) >= 11 is 0. The second-order valence-electron chi connectivity index (χ2n) is 12.6. The maximum atomic E-state index is 14.2. The van der Waals surface area contributed by atoms with Crippen LogP contribution >= 0.6 is 0 Å². The number of allylic oxidation sites excluding steroid dienone is 4. The lowest BCUT2D eigenvalue weighted by atomic mass is 9.72. The first-order valence-corrected chi connectivity index (χ1v) is 16.1. The Kier molecular flexibility index (Phi) is 8.96. The maximum Gasteiger partial charge on any atom is 0.195 e. The van der Waals surface area contributed by atoms with Crippen molar-refractivity contribution in [2.45, 2.75) is 52.4 Å². The van der Waals surface area contributed by atoms with Crippen molar-refractivity contribution < 1.29 is 48.4 Å². The average molecular weight is 679 g/mol. The van der Waals surface area contributed by atoms with Gasteiger partial charge in [-0.25, -0.2) is 8.78 Å². The van der Waals surface area contributed by atoms with E-state index < -0.39 is 57.8 Å². The van der Waals surface area contributed by atoms with Gasteiger partial charge in [0.2, 0.25) is 0 Å². The van der Waals surface area contributed by atoms with E-state index >= 15 is 0 Å². The Hall–Kier alpha value is -5.90. The van der Waals surface area contributed by atoms with E-state index in [0.717, 1.165) is 23.3 Å². The smallest absolute Gasteiger partial charge is 0.195 e. The summed E-state index contributed by atoms with van der Waals surface area (Å²) in [5, 5.41) is 42.8. The average Bonchev–Trinajstić information content (AvgIpc) is 3.09. The fourth-order valence-corrected chi connectivity index (χ4v) is 6.84. The van der Waals surface area contributed by atoms with Crippen molar-refractivity contribution in [3.05, 3.63) is 139 Å². The van der Waals surface area contributed by atoms with Crippen LogP contribution in [0.1, 0.15) is 90.4 Å². The molecule has 0 fully saturated rings. The molecule has 0 radical (unpaired) electrons. The fraction of sp³-hybridized carbons (Fsp3) is 0.200. The third-order valence-electron chi connectivity index (χ3n) is 9.45. The molecule has 0 atom stereocenters. The second kappa shape index (κ2) is 13.2. The molecular weight excluding hydrogens is 646 g/mol. The van der Waals surface area contributed by atoms with Crippen LogP contribution in [0.15, 0.2) is 83.0 Å². The number of rotatable bonds is 9. The summed E-state index contributed by atoms with van der Waals surface area (Å²) in [7, 11) is 0. The highest BCUT2D eigenvalue weighted by Crippen LogP contribution is 2.45. The Bertz CT molecular complexity index is 2040. The van der Waals surface area contributed by atoms with Crippen LogP contribution in [0.2, 0.25) is 0 Å². The van der Waals surface area contributed by atoms with Crippen LogP contribution in [0.25, 0.3) is 0 Å². The van der Waals surface area contributed by atoms with Crippen LogP contribution in [0.5, 0.6) is 23.0 Å². The first-order valence-electron chi connectivity index (χ1n) is 16.1. The van der Waals surface area contributed by atoms with E-state index in [0.29, 0.717) is 25.7 Å². The molecule has 254 valence electrons. The van der Waals surface area contributed by atoms with Gasteiger partial charge in [-0.05, 0) is 99.9 Å². The highest BCUT2D eigenvalue weighted by Gasteiger charge is 2.42. The first kappa shape index (κ1) is 34.0. The van der Waals surface area contributed by atoms with Crippen LogP contribution in [-0.4, -0.2) is 43.6 Å². The van der Waals surface area contributed by atoms with Gasteiger partial charge in [-0.2, -0.15) is 0 Å². The summed E-state index contributed by atoms with van der Waals surface area (Å²) in [5.41, 5.74) is 0.0101. The molecule has 0 aliphatic heterocycles. The van der Waals surface area contributed by atoms with Crippen LogP contribution in [0.3, 0.4) is 0 Å². The number of fused-ring (bicyclic) bond motifs is 2.